The number of carbonyl (C=O) groups excluding carboxylic acids is 1. The maximum absolute atomic E-state index is 11.8. The highest BCUT2D eigenvalue weighted by atomic mass is 16.1. The predicted molar refractivity (Wildman–Crippen MR) is 60.2 cm³/mol. The summed E-state index contributed by atoms with van der Waals surface area (Å²) in [4.78, 5) is 11.8. The summed E-state index contributed by atoms with van der Waals surface area (Å²) in [5, 5.41) is 0. The van der Waals surface area contributed by atoms with Crippen LogP contribution in [0, 0.1) is 5.92 Å². The van der Waals surface area contributed by atoms with Gasteiger partial charge in [-0.1, -0.05) is 32.9 Å². The van der Waals surface area contributed by atoms with Crippen molar-refractivity contribution in [3.05, 3.63) is 23.8 Å². The molecule has 1 nitrogen and oxygen atoms in total. The molecular weight excluding hydrogens is 172 g/mol. The van der Waals surface area contributed by atoms with Crippen LogP contribution in [0.15, 0.2) is 23.8 Å². The Morgan fingerprint density at radius 3 is 2.71 bits per heavy atom. The molecule has 14 heavy (non-hydrogen) atoms. The van der Waals surface area contributed by atoms with Crippen molar-refractivity contribution in [2.45, 2.75) is 46.0 Å². The van der Waals surface area contributed by atoms with E-state index >= 15 is 0 Å². The first-order valence-corrected chi connectivity index (χ1v) is 5.55. The Hall–Kier alpha value is -0.850. The summed E-state index contributed by atoms with van der Waals surface area (Å²) in [5.74, 6) is 0.674. The van der Waals surface area contributed by atoms with Crippen LogP contribution in [0.3, 0.4) is 0 Å². The molecule has 1 aliphatic carbocycles. The Balaban J connectivity index is 2.80. The summed E-state index contributed by atoms with van der Waals surface area (Å²) >= 11 is 0. The third-order valence-corrected chi connectivity index (χ3v) is 2.80. The molecule has 0 saturated carbocycles. The zero-order valence-electron chi connectivity index (χ0n) is 9.31. The second-order valence-electron chi connectivity index (χ2n) is 4.32. The molecule has 78 valence electrons. The van der Waals surface area contributed by atoms with Crippen LogP contribution in [0.2, 0.25) is 0 Å². The third-order valence-electron chi connectivity index (χ3n) is 2.80. The molecule has 0 aromatic heterocycles. The summed E-state index contributed by atoms with van der Waals surface area (Å²) in [6.07, 6.45) is 7.27. The van der Waals surface area contributed by atoms with Gasteiger partial charge in [-0.25, -0.2) is 0 Å². The molecule has 1 heteroatoms. The number of Topliss-reactive ketones (excluding diaryl/α,β-unsaturated/α-hetero) is 1. The van der Waals surface area contributed by atoms with Crippen molar-refractivity contribution in [2.75, 3.05) is 0 Å². The fourth-order valence-electron chi connectivity index (χ4n) is 1.72. The van der Waals surface area contributed by atoms with E-state index in [4.69, 9.17) is 0 Å². The summed E-state index contributed by atoms with van der Waals surface area (Å²) in [5.41, 5.74) is 1.91. The van der Waals surface area contributed by atoms with Crippen LogP contribution in [0.1, 0.15) is 46.0 Å². The van der Waals surface area contributed by atoms with Gasteiger partial charge < -0.3 is 0 Å². The molecule has 0 atom stereocenters. The lowest BCUT2D eigenvalue weighted by Crippen LogP contribution is -2.09. The van der Waals surface area contributed by atoms with Crippen molar-refractivity contribution < 1.29 is 4.79 Å². The van der Waals surface area contributed by atoms with Crippen molar-refractivity contribution in [2.24, 2.45) is 5.92 Å². The van der Waals surface area contributed by atoms with Crippen LogP contribution >= 0.6 is 0 Å². The standard InChI is InChI=1S/C13H20O/c1-10(2)11(3)12-8-6-4-5-7-9-13(12)14/h8,10H,3-7,9H2,1-2H3/b12-8-. The van der Waals surface area contributed by atoms with E-state index in [-0.39, 0.29) is 0 Å². The van der Waals surface area contributed by atoms with E-state index in [0.717, 1.165) is 24.0 Å². The van der Waals surface area contributed by atoms with Crippen LogP contribution in [-0.2, 0) is 4.79 Å². The van der Waals surface area contributed by atoms with E-state index < -0.39 is 0 Å². The summed E-state index contributed by atoms with van der Waals surface area (Å²) in [7, 11) is 0. The molecule has 0 fully saturated rings. The molecule has 0 radical (unpaired) electrons. The molecule has 1 aliphatic rings. The van der Waals surface area contributed by atoms with Gasteiger partial charge in [0.25, 0.3) is 0 Å². The van der Waals surface area contributed by atoms with Gasteiger partial charge >= 0.3 is 0 Å². The SMILES string of the molecule is C=C(/C1=C/CCCCCC1=O)C(C)C. The maximum atomic E-state index is 11.8. The Kier molecular flexibility index (Phi) is 4.12. The molecule has 0 aliphatic heterocycles. The molecular formula is C13H20O. The monoisotopic (exact) mass is 192 g/mol. The lowest BCUT2D eigenvalue weighted by molar-refractivity contribution is -0.115. The van der Waals surface area contributed by atoms with Gasteiger partial charge in [0.2, 0.25) is 0 Å². The number of hydrogen-bond acceptors (Lipinski definition) is 1. The molecule has 0 unspecified atom stereocenters. The molecule has 0 amide bonds. The largest absolute Gasteiger partial charge is 0.294 e. The van der Waals surface area contributed by atoms with Crippen LogP contribution in [-0.4, -0.2) is 5.78 Å². The van der Waals surface area contributed by atoms with Crippen molar-refractivity contribution in [1.82, 2.24) is 0 Å². The number of hydrogen-bond donors (Lipinski definition) is 0. The molecule has 0 aromatic carbocycles. The molecule has 0 spiro atoms. The third kappa shape index (κ3) is 2.83. The predicted octanol–water partition coefficient (Wildman–Crippen LogP) is 3.66. The number of ketones is 1. The minimum atomic E-state index is 0.295. The fraction of sp³-hybridized carbons (Fsp3) is 0.615. The smallest absolute Gasteiger partial charge is 0.162 e. The first-order valence-electron chi connectivity index (χ1n) is 5.55. The normalized spacial score (nSPS) is 22.5. The highest BCUT2D eigenvalue weighted by Crippen LogP contribution is 2.23. The summed E-state index contributed by atoms with van der Waals surface area (Å²) < 4.78 is 0. The zero-order valence-corrected chi connectivity index (χ0v) is 9.31. The molecule has 0 heterocycles. The van der Waals surface area contributed by atoms with Gasteiger partial charge in [0, 0.05) is 12.0 Å². The minimum Gasteiger partial charge on any atom is -0.294 e. The van der Waals surface area contributed by atoms with Gasteiger partial charge in [-0.05, 0) is 30.8 Å². The number of allylic oxidation sites excluding steroid dienone is 3. The molecule has 1 rings (SSSR count). The van der Waals surface area contributed by atoms with Crippen LogP contribution in [0.5, 0.6) is 0 Å². The van der Waals surface area contributed by atoms with Gasteiger partial charge in [0.1, 0.15) is 0 Å². The number of carbonyl (C=O) groups is 1. The van der Waals surface area contributed by atoms with Crippen molar-refractivity contribution in [3.63, 3.8) is 0 Å². The Morgan fingerprint density at radius 1 is 1.36 bits per heavy atom. The Labute approximate surface area is 86.9 Å². The zero-order chi connectivity index (χ0) is 10.6. The molecule has 0 saturated heterocycles. The average molecular weight is 192 g/mol. The first-order chi connectivity index (χ1) is 6.63. The Morgan fingerprint density at radius 2 is 2.07 bits per heavy atom. The van der Waals surface area contributed by atoms with Crippen molar-refractivity contribution in [3.8, 4) is 0 Å². The van der Waals surface area contributed by atoms with Gasteiger partial charge in [-0.15, -0.1) is 0 Å². The van der Waals surface area contributed by atoms with E-state index in [2.05, 4.69) is 26.5 Å². The van der Waals surface area contributed by atoms with E-state index in [0.29, 0.717) is 18.1 Å². The second kappa shape index (κ2) is 5.14. The van der Waals surface area contributed by atoms with Crippen LogP contribution in [0.25, 0.3) is 0 Å². The summed E-state index contributed by atoms with van der Waals surface area (Å²) in [6.45, 7) is 8.20. The van der Waals surface area contributed by atoms with E-state index in [1.807, 2.05) is 0 Å². The molecule has 0 aromatic rings. The van der Waals surface area contributed by atoms with E-state index in [1.54, 1.807) is 0 Å². The van der Waals surface area contributed by atoms with Crippen molar-refractivity contribution >= 4 is 5.78 Å². The molecule has 0 N–H and O–H groups in total. The highest BCUT2D eigenvalue weighted by molar-refractivity contribution is 5.99. The lowest BCUT2D eigenvalue weighted by Gasteiger charge is -2.15. The fourth-order valence-corrected chi connectivity index (χ4v) is 1.72. The van der Waals surface area contributed by atoms with Gasteiger partial charge in [0.05, 0.1) is 0 Å². The van der Waals surface area contributed by atoms with Gasteiger partial charge in [-0.3, -0.25) is 4.79 Å². The van der Waals surface area contributed by atoms with Gasteiger partial charge in [-0.2, -0.15) is 0 Å². The number of rotatable bonds is 2. The maximum Gasteiger partial charge on any atom is 0.162 e. The van der Waals surface area contributed by atoms with E-state index in [1.165, 1.54) is 12.8 Å². The average Bonchev–Trinajstić information content (AvgIpc) is 2.11. The topological polar surface area (TPSA) is 17.1 Å². The second-order valence-corrected chi connectivity index (χ2v) is 4.32. The first kappa shape index (κ1) is 11.2. The van der Waals surface area contributed by atoms with Crippen LogP contribution < -0.4 is 0 Å². The van der Waals surface area contributed by atoms with Crippen molar-refractivity contribution in [1.29, 1.82) is 0 Å². The van der Waals surface area contributed by atoms with Gasteiger partial charge in [0.15, 0.2) is 5.78 Å². The van der Waals surface area contributed by atoms with Crippen LogP contribution in [0.4, 0.5) is 0 Å². The summed E-state index contributed by atoms with van der Waals surface area (Å²) in [6, 6.07) is 0. The Bertz CT molecular complexity index is 258. The lowest BCUT2D eigenvalue weighted by atomic mass is 9.89. The molecule has 0 bridgehead atoms. The highest BCUT2D eigenvalue weighted by Gasteiger charge is 2.15. The van der Waals surface area contributed by atoms with E-state index in [9.17, 15) is 4.79 Å². The quantitative estimate of drug-likeness (QED) is 0.652. The minimum absolute atomic E-state index is 0.295.